The number of aromatic amines is 1. The monoisotopic (exact) mass is 570 g/mol. The van der Waals surface area contributed by atoms with E-state index in [0.717, 1.165) is 39.9 Å². The molecule has 0 unspecified atom stereocenters. The highest BCUT2D eigenvalue weighted by molar-refractivity contribution is 6.31. The first-order valence-electron chi connectivity index (χ1n) is 13.1. The molecule has 5 heterocycles. The second kappa shape index (κ2) is 8.68. The molecule has 3 aliphatic rings. The molecule has 0 spiro atoms. The van der Waals surface area contributed by atoms with Gasteiger partial charge in [0.1, 0.15) is 5.69 Å². The van der Waals surface area contributed by atoms with E-state index in [9.17, 15) is 13.6 Å². The van der Waals surface area contributed by atoms with Crippen LogP contribution in [-0.4, -0.2) is 35.5 Å². The number of nitrogens with zero attached hydrogens (tertiary/aromatic N) is 6. The van der Waals surface area contributed by atoms with Gasteiger partial charge in [0.05, 0.1) is 23.4 Å². The Bertz CT molecular complexity index is 2020. The van der Waals surface area contributed by atoms with Crippen molar-refractivity contribution in [1.29, 1.82) is 0 Å². The summed E-state index contributed by atoms with van der Waals surface area (Å²) in [4.78, 5) is 18.5. The van der Waals surface area contributed by atoms with Crippen molar-refractivity contribution in [2.45, 2.75) is 31.2 Å². The summed E-state index contributed by atoms with van der Waals surface area (Å²) >= 11 is 6.33. The van der Waals surface area contributed by atoms with E-state index in [0.29, 0.717) is 40.0 Å². The van der Waals surface area contributed by atoms with Crippen LogP contribution >= 0.6 is 11.6 Å². The minimum Gasteiger partial charge on any atom is -0.382 e. The molecule has 9 nitrogen and oxygen atoms in total. The maximum absolute atomic E-state index is 13.7. The molecule has 12 heteroatoms. The molecule has 3 aromatic heterocycles. The summed E-state index contributed by atoms with van der Waals surface area (Å²) in [6.45, 7) is 0. The lowest BCUT2D eigenvalue weighted by Crippen LogP contribution is -2.29. The number of pyridine rings is 1. The van der Waals surface area contributed by atoms with Crippen LogP contribution in [0.25, 0.3) is 33.3 Å². The molecule has 3 N–H and O–H groups in total. The van der Waals surface area contributed by atoms with Crippen molar-refractivity contribution in [2.24, 2.45) is 10.9 Å². The van der Waals surface area contributed by atoms with Gasteiger partial charge < -0.3 is 10.3 Å². The fraction of sp³-hybridized carbons (Fsp3) is 0.207. The number of nitrogens with one attached hydrogen (secondary N) is 1. The van der Waals surface area contributed by atoms with Crippen LogP contribution in [0.15, 0.2) is 70.7 Å². The van der Waals surface area contributed by atoms with Gasteiger partial charge in [-0.25, -0.2) is 13.5 Å². The predicted octanol–water partition coefficient (Wildman–Crippen LogP) is 5.69. The summed E-state index contributed by atoms with van der Waals surface area (Å²) in [5.41, 5.74) is 12.0. The Morgan fingerprint density at radius 2 is 1.98 bits per heavy atom. The standard InChI is InChI=1S/C29H21ClF2N8O/c30-16-2-4-24(39-12-23(28(31)32)36-38-39)18(9-16)14-7-25-19-10-20(19)27(40(25)26(41)8-14)22-6-15(11-34-22)13-1-3-17-21(5-13)35-37-29(17)33/h1-5,7-9,11-12,19-20,27-28H,6,10H2,(H3,33,35,37)/t19-,20+,27+/m1/s1. The molecule has 2 aliphatic heterocycles. The number of hydrogen-bond donors (Lipinski definition) is 2. The molecule has 204 valence electrons. The van der Waals surface area contributed by atoms with Crippen molar-refractivity contribution in [3.05, 3.63) is 93.3 Å². The van der Waals surface area contributed by atoms with Gasteiger partial charge in [-0.15, -0.1) is 5.10 Å². The number of fused-ring (bicyclic) bond motifs is 4. The van der Waals surface area contributed by atoms with E-state index in [2.05, 4.69) is 20.5 Å². The Hall–Kier alpha value is -4.64. The molecule has 8 rings (SSSR count). The summed E-state index contributed by atoms with van der Waals surface area (Å²) in [5, 5.41) is 15.8. The zero-order valence-electron chi connectivity index (χ0n) is 21.3. The van der Waals surface area contributed by atoms with E-state index in [1.54, 1.807) is 24.3 Å². The van der Waals surface area contributed by atoms with Crippen molar-refractivity contribution < 1.29 is 8.78 Å². The fourth-order valence-corrected chi connectivity index (χ4v) is 6.48. The molecule has 0 amide bonds. The Balaban J connectivity index is 1.13. The Labute approximate surface area is 236 Å². The smallest absolute Gasteiger partial charge is 0.283 e. The third-order valence-corrected chi connectivity index (χ3v) is 8.55. The lowest BCUT2D eigenvalue weighted by Gasteiger charge is -2.20. The largest absolute Gasteiger partial charge is 0.382 e. The highest BCUT2D eigenvalue weighted by Crippen LogP contribution is 2.60. The van der Waals surface area contributed by atoms with Crippen LogP contribution in [0.3, 0.4) is 0 Å². The van der Waals surface area contributed by atoms with Crippen molar-refractivity contribution in [2.75, 3.05) is 5.73 Å². The van der Waals surface area contributed by atoms with Crippen molar-refractivity contribution in [1.82, 2.24) is 29.8 Å². The maximum Gasteiger partial charge on any atom is 0.283 e. The summed E-state index contributed by atoms with van der Waals surface area (Å²) in [6, 6.07) is 14.5. The van der Waals surface area contributed by atoms with Crippen molar-refractivity contribution >= 4 is 39.6 Å². The number of rotatable bonds is 5. The van der Waals surface area contributed by atoms with Gasteiger partial charge in [-0.1, -0.05) is 22.9 Å². The van der Waals surface area contributed by atoms with E-state index in [1.807, 2.05) is 35.0 Å². The van der Waals surface area contributed by atoms with Gasteiger partial charge in [0.25, 0.3) is 12.0 Å². The van der Waals surface area contributed by atoms with E-state index in [1.165, 1.54) is 10.9 Å². The first-order valence-corrected chi connectivity index (χ1v) is 13.5. The number of nitrogens with two attached hydrogens (primary N) is 1. The van der Waals surface area contributed by atoms with Crippen LogP contribution in [0.2, 0.25) is 5.02 Å². The molecule has 2 aromatic carbocycles. The van der Waals surface area contributed by atoms with Crippen molar-refractivity contribution in [3.8, 4) is 16.8 Å². The van der Waals surface area contributed by atoms with Crippen LogP contribution in [0.5, 0.6) is 0 Å². The van der Waals surface area contributed by atoms with E-state index in [4.69, 9.17) is 22.3 Å². The second-order valence-electron chi connectivity index (χ2n) is 10.7. The van der Waals surface area contributed by atoms with Crippen LogP contribution in [0.1, 0.15) is 48.2 Å². The minimum absolute atomic E-state index is 0.112. The lowest BCUT2D eigenvalue weighted by atomic mass is 9.97. The number of alkyl halides is 2. The molecule has 0 saturated heterocycles. The fourth-order valence-electron chi connectivity index (χ4n) is 6.31. The molecule has 0 radical (unpaired) electrons. The van der Waals surface area contributed by atoms with E-state index < -0.39 is 12.1 Å². The first kappa shape index (κ1) is 24.2. The lowest BCUT2D eigenvalue weighted by molar-refractivity contribution is 0.146. The number of hydrogen-bond acceptors (Lipinski definition) is 6. The van der Waals surface area contributed by atoms with Gasteiger partial charge in [-0.05, 0) is 65.4 Å². The minimum atomic E-state index is -2.74. The SMILES string of the molecule is Nc1n[nH]c2cc(C3=CN=C([C@@H]4[C@H]5C[C@H]5c5cc(-c6cc(Cl)ccc6-n6cc(C(F)F)nn6)cc(=O)n54)C3)ccc12. The number of aromatic nitrogens is 6. The van der Waals surface area contributed by atoms with Crippen LogP contribution < -0.4 is 11.3 Å². The molecule has 0 bridgehead atoms. The highest BCUT2D eigenvalue weighted by atomic mass is 35.5. The average Bonchev–Trinajstić information content (AvgIpc) is 3.36. The third-order valence-electron chi connectivity index (χ3n) is 8.31. The molecule has 1 aliphatic carbocycles. The number of H-pyrrole nitrogens is 1. The predicted molar refractivity (Wildman–Crippen MR) is 151 cm³/mol. The first-order chi connectivity index (χ1) is 19.9. The maximum atomic E-state index is 13.7. The molecule has 5 aromatic rings. The Kier molecular flexibility index (Phi) is 5.12. The van der Waals surface area contributed by atoms with Gasteiger partial charge in [0, 0.05) is 52.0 Å². The summed E-state index contributed by atoms with van der Waals surface area (Å²) < 4.78 is 29.5. The summed E-state index contributed by atoms with van der Waals surface area (Å²) in [7, 11) is 0. The third kappa shape index (κ3) is 3.76. The normalized spacial score (nSPS) is 20.8. The number of allylic oxidation sites excluding steroid dienone is 1. The van der Waals surface area contributed by atoms with Gasteiger partial charge in [0.15, 0.2) is 5.82 Å². The topological polar surface area (TPSA) is 120 Å². The average molecular weight is 571 g/mol. The molecule has 3 atom stereocenters. The number of halogens is 3. The van der Waals surface area contributed by atoms with Gasteiger partial charge in [-0.2, -0.15) is 5.10 Å². The quantitative estimate of drug-likeness (QED) is 0.281. The van der Waals surface area contributed by atoms with Gasteiger partial charge in [0.2, 0.25) is 0 Å². The second-order valence-corrected chi connectivity index (χ2v) is 11.1. The van der Waals surface area contributed by atoms with Crippen LogP contribution in [-0.2, 0) is 0 Å². The Morgan fingerprint density at radius 3 is 2.80 bits per heavy atom. The number of aliphatic imine (C=N–C) groups is 1. The summed E-state index contributed by atoms with van der Waals surface area (Å²) in [5.74, 6) is 1.03. The number of anilines is 1. The molecule has 41 heavy (non-hydrogen) atoms. The molecule has 1 fully saturated rings. The molecular formula is C29H21ClF2N8O. The highest BCUT2D eigenvalue weighted by Gasteiger charge is 2.54. The van der Waals surface area contributed by atoms with Crippen LogP contribution in [0, 0.1) is 5.92 Å². The number of benzene rings is 2. The van der Waals surface area contributed by atoms with Gasteiger partial charge in [-0.3, -0.25) is 14.9 Å². The van der Waals surface area contributed by atoms with Crippen LogP contribution in [0.4, 0.5) is 14.6 Å². The zero-order chi connectivity index (χ0) is 28.0. The molecular weight excluding hydrogens is 550 g/mol. The van der Waals surface area contributed by atoms with Crippen molar-refractivity contribution in [3.63, 3.8) is 0 Å². The zero-order valence-corrected chi connectivity index (χ0v) is 22.1. The Morgan fingerprint density at radius 1 is 1.10 bits per heavy atom. The van der Waals surface area contributed by atoms with Gasteiger partial charge >= 0.3 is 0 Å². The summed E-state index contributed by atoms with van der Waals surface area (Å²) in [6.07, 6.45) is 1.95. The number of nitrogen functional groups attached to an aromatic ring is 1. The molecule has 1 saturated carbocycles. The van der Waals surface area contributed by atoms with E-state index in [-0.39, 0.29) is 17.5 Å². The van der Waals surface area contributed by atoms with E-state index >= 15 is 0 Å².